The Kier molecular flexibility index (Phi) is 9.79. The first-order valence-corrected chi connectivity index (χ1v) is 9.88. The summed E-state index contributed by atoms with van der Waals surface area (Å²) in [4.78, 5) is 25.2. The molecule has 0 aliphatic carbocycles. The molecule has 0 amide bonds. The molecule has 140 valence electrons. The van der Waals surface area contributed by atoms with Crippen LogP contribution in [-0.2, 0) is 25.7 Å². The molecule has 1 aromatic carbocycles. The van der Waals surface area contributed by atoms with E-state index in [-0.39, 0.29) is 6.61 Å². The summed E-state index contributed by atoms with van der Waals surface area (Å²) in [6.45, 7) is 6.28. The van der Waals surface area contributed by atoms with Crippen LogP contribution in [0.2, 0.25) is 0 Å². The predicted molar refractivity (Wildman–Crippen MR) is 102 cm³/mol. The van der Waals surface area contributed by atoms with Gasteiger partial charge < -0.3 is 9.47 Å². The van der Waals surface area contributed by atoms with Crippen LogP contribution in [0.5, 0.6) is 0 Å². The van der Waals surface area contributed by atoms with Gasteiger partial charge in [0.2, 0.25) is 0 Å². The Hall–Kier alpha value is -1.36. The minimum absolute atomic E-state index is 0.143. The van der Waals surface area contributed by atoms with Gasteiger partial charge in [0.25, 0.3) is 0 Å². The van der Waals surface area contributed by atoms with Crippen LogP contribution >= 0.6 is 15.9 Å². The zero-order chi connectivity index (χ0) is 18.7. The Balaban J connectivity index is 2.65. The lowest BCUT2D eigenvalue weighted by Gasteiger charge is -2.27. The molecule has 0 fully saturated rings. The Bertz CT molecular complexity index is 552. The average Bonchev–Trinajstić information content (AvgIpc) is 2.61. The molecule has 0 saturated heterocycles. The van der Waals surface area contributed by atoms with Crippen molar-refractivity contribution in [3.63, 3.8) is 0 Å². The second-order valence-electron chi connectivity index (χ2n) is 6.19. The Morgan fingerprint density at radius 2 is 1.68 bits per heavy atom. The van der Waals surface area contributed by atoms with Crippen LogP contribution in [-0.4, -0.2) is 18.5 Å². The van der Waals surface area contributed by atoms with Crippen LogP contribution in [0.15, 0.2) is 28.7 Å². The number of hydrogen-bond acceptors (Lipinski definition) is 4. The maximum absolute atomic E-state index is 12.6. The van der Waals surface area contributed by atoms with Gasteiger partial charge in [-0.05, 0) is 37.0 Å². The molecule has 0 unspecified atom stereocenters. The molecule has 0 atom stereocenters. The van der Waals surface area contributed by atoms with Crippen molar-refractivity contribution in [1.82, 2.24) is 0 Å². The van der Waals surface area contributed by atoms with Crippen molar-refractivity contribution in [2.45, 2.75) is 65.9 Å². The second-order valence-corrected chi connectivity index (χ2v) is 7.11. The molecule has 1 aromatic rings. The van der Waals surface area contributed by atoms with Gasteiger partial charge in [0.05, 0.1) is 6.61 Å². The quantitative estimate of drug-likeness (QED) is 0.276. The lowest BCUT2D eigenvalue weighted by molar-refractivity contribution is -0.174. The molecule has 0 radical (unpaired) electrons. The van der Waals surface area contributed by atoms with Crippen LogP contribution in [0.25, 0.3) is 0 Å². The van der Waals surface area contributed by atoms with E-state index >= 15 is 0 Å². The molecular formula is C20H29BrO4. The van der Waals surface area contributed by atoms with E-state index in [0.29, 0.717) is 19.4 Å². The van der Waals surface area contributed by atoms with Crippen LogP contribution in [0.3, 0.4) is 0 Å². The van der Waals surface area contributed by atoms with E-state index in [1.165, 1.54) is 0 Å². The third-order valence-electron chi connectivity index (χ3n) is 4.48. The van der Waals surface area contributed by atoms with Gasteiger partial charge >= 0.3 is 11.9 Å². The monoisotopic (exact) mass is 412 g/mol. The van der Waals surface area contributed by atoms with Crippen molar-refractivity contribution in [1.29, 1.82) is 0 Å². The van der Waals surface area contributed by atoms with Crippen LogP contribution < -0.4 is 0 Å². The average molecular weight is 413 g/mol. The molecule has 0 N–H and O–H groups in total. The number of ether oxygens (including phenoxy) is 2. The smallest absolute Gasteiger partial charge is 0.323 e. The lowest BCUT2D eigenvalue weighted by Crippen LogP contribution is -2.41. The molecule has 5 heteroatoms. The largest absolute Gasteiger partial charge is 0.465 e. The van der Waals surface area contributed by atoms with Crippen molar-refractivity contribution in [2.24, 2.45) is 5.41 Å². The molecule has 0 spiro atoms. The summed E-state index contributed by atoms with van der Waals surface area (Å²) < 4.78 is 11.7. The number of esters is 2. The number of halogens is 1. The van der Waals surface area contributed by atoms with Crippen molar-refractivity contribution in [3.8, 4) is 0 Å². The Morgan fingerprint density at radius 1 is 1.00 bits per heavy atom. The minimum Gasteiger partial charge on any atom is -0.465 e. The van der Waals surface area contributed by atoms with Crippen molar-refractivity contribution in [2.75, 3.05) is 6.61 Å². The van der Waals surface area contributed by atoms with E-state index in [1.807, 2.05) is 38.1 Å². The van der Waals surface area contributed by atoms with E-state index in [9.17, 15) is 9.59 Å². The molecule has 0 heterocycles. The highest BCUT2D eigenvalue weighted by Crippen LogP contribution is 2.30. The first kappa shape index (κ1) is 21.7. The summed E-state index contributed by atoms with van der Waals surface area (Å²) >= 11 is 3.39. The minimum atomic E-state index is -1.21. The van der Waals surface area contributed by atoms with Gasteiger partial charge in [0.15, 0.2) is 5.41 Å². The van der Waals surface area contributed by atoms with E-state index in [0.717, 1.165) is 35.7 Å². The molecule has 0 aliphatic heterocycles. The zero-order valence-electron chi connectivity index (χ0n) is 15.5. The molecule has 0 bridgehead atoms. The van der Waals surface area contributed by atoms with E-state index in [2.05, 4.69) is 22.9 Å². The standard InChI is InChI=1S/C20H29BrO4/c1-4-7-8-9-13-24-18(22)20(5-2,6-3)19(23)25-15-16-11-10-12-17(21)14-16/h10-12,14H,4-9,13,15H2,1-3H3. The highest BCUT2D eigenvalue weighted by atomic mass is 79.9. The van der Waals surface area contributed by atoms with Crippen molar-refractivity contribution >= 4 is 27.9 Å². The molecule has 1 rings (SSSR count). The number of carbonyl (C=O) groups is 2. The third kappa shape index (κ3) is 6.46. The molecule has 0 aliphatic rings. The maximum atomic E-state index is 12.6. The molecular weight excluding hydrogens is 384 g/mol. The van der Waals surface area contributed by atoms with Crippen LogP contribution in [0.1, 0.15) is 64.9 Å². The van der Waals surface area contributed by atoms with Crippen LogP contribution in [0, 0.1) is 5.41 Å². The van der Waals surface area contributed by atoms with E-state index < -0.39 is 17.4 Å². The number of rotatable bonds is 11. The fourth-order valence-electron chi connectivity index (χ4n) is 2.66. The fraction of sp³-hybridized carbons (Fsp3) is 0.600. The number of benzene rings is 1. The van der Waals surface area contributed by atoms with Gasteiger partial charge in [-0.15, -0.1) is 0 Å². The summed E-state index contributed by atoms with van der Waals surface area (Å²) in [7, 11) is 0. The van der Waals surface area contributed by atoms with E-state index in [4.69, 9.17) is 9.47 Å². The lowest BCUT2D eigenvalue weighted by atomic mass is 9.82. The topological polar surface area (TPSA) is 52.6 Å². The highest BCUT2D eigenvalue weighted by molar-refractivity contribution is 9.10. The Morgan fingerprint density at radius 3 is 2.28 bits per heavy atom. The first-order chi connectivity index (χ1) is 12.0. The zero-order valence-corrected chi connectivity index (χ0v) is 17.1. The Labute approximate surface area is 159 Å². The van der Waals surface area contributed by atoms with Gasteiger partial charge in [0, 0.05) is 4.47 Å². The van der Waals surface area contributed by atoms with Gasteiger partial charge in [-0.25, -0.2) is 0 Å². The fourth-order valence-corrected chi connectivity index (χ4v) is 3.10. The van der Waals surface area contributed by atoms with Crippen molar-refractivity contribution < 1.29 is 19.1 Å². The van der Waals surface area contributed by atoms with Gasteiger partial charge in [0.1, 0.15) is 6.61 Å². The molecule has 0 saturated carbocycles. The third-order valence-corrected chi connectivity index (χ3v) is 4.97. The predicted octanol–water partition coefficient (Wildman–Crippen LogP) is 5.42. The van der Waals surface area contributed by atoms with Crippen LogP contribution in [0.4, 0.5) is 0 Å². The molecule has 0 aromatic heterocycles. The summed E-state index contributed by atoms with van der Waals surface area (Å²) in [5, 5.41) is 0. The summed E-state index contributed by atoms with van der Waals surface area (Å²) in [6, 6.07) is 7.55. The summed E-state index contributed by atoms with van der Waals surface area (Å²) in [5.74, 6) is -0.968. The first-order valence-electron chi connectivity index (χ1n) is 9.09. The normalized spacial score (nSPS) is 11.2. The second kappa shape index (κ2) is 11.3. The molecule has 4 nitrogen and oxygen atoms in total. The maximum Gasteiger partial charge on any atom is 0.323 e. The number of unbranched alkanes of at least 4 members (excludes halogenated alkanes) is 3. The van der Waals surface area contributed by atoms with Gasteiger partial charge in [-0.2, -0.15) is 0 Å². The van der Waals surface area contributed by atoms with Gasteiger partial charge in [-0.1, -0.05) is 68.1 Å². The molecule has 25 heavy (non-hydrogen) atoms. The van der Waals surface area contributed by atoms with Gasteiger partial charge in [-0.3, -0.25) is 9.59 Å². The SMILES string of the molecule is CCCCCCOC(=O)C(CC)(CC)C(=O)OCc1cccc(Br)c1. The number of hydrogen-bond donors (Lipinski definition) is 0. The van der Waals surface area contributed by atoms with E-state index in [1.54, 1.807) is 0 Å². The highest BCUT2D eigenvalue weighted by Gasteiger charge is 2.45. The summed E-state index contributed by atoms with van der Waals surface area (Å²) in [6.07, 6.45) is 4.85. The number of carbonyl (C=O) groups excluding carboxylic acids is 2. The summed E-state index contributed by atoms with van der Waals surface area (Å²) in [5.41, 5.74) is -0.340. The van der Waals surface area contributed by atoms with Crippen molar-refractivity contribution in [3.05, 3.63) is 34.3 Å².